The van der Waals surface area contributed by atoms with Crippen LogP contribution in [0.3, 0.4) is 0 Å². The first-order chi connectivity index (χ1) is 8.65. The van der Waals surface area contributed by atoms with Crippen LogP contribution in [0.2, 0.25) is 0 Å². The zero-order valence-electron chi connectivity index (χ0n) is 11.1. The van der Waals surface area contributed by atoms with Crippen molar-refractivity contribution in [1.29, 1.82) is 0 Å². The van der Waals surface area contributed by atoms with Crippen molar-refractivity contribution in [3.63, 3.8) is 0 Å². The average molecular weight is 261 g/mol. The molecule has 0 saturated carbocycles. The molecule has 1 heterocycles. The third-order valence-electron chi connectivity index (χ3n) is 3.16. The predicted octanol–water partition coefficient (Wildman–Crippen LogP) is 3.46. The summed E-state index contributed by atoms with van der Waals surface area (Å²) in [6, 6.07) is 10.6. The first-order valence-electron chi connectivity index (χ1n) is 6.06. The van der Waals surface area contributed by atoms with Crippen LogP contribution in [0, 0.1) is 13.8 Å². The van der Waals surface area contributed by atoms with E-state index in [4.69, 9.17) is 10.5 Å². The van der Waals surface area contributed by atoms with E-state index in [0.717, 1.165) is 11.3 Å². The van der Waals surface area contributed by atoms with E-state index in [2.05, 4.69) is 38.1 Å². The van der Waals surface area contributed by atoms with Crippen molar-refractivity contribution in [2.24, 2.45) is 5.73 Å². The highest BCUT2D eigenvalue weighted by Gasteiger charge is 2.15. The summed E-state index contributed by atoms with van der Waals surface area (Å²) in [7, 11) is 1.70. The standard InChI is InChI=1S/C15H19NOS/c1-10-8-12(5-6-14(10)17-3)13(9-16)15-7-4-11(2)18-15/h4-8,13H,9,16H2,1-3H3. The van der Waals surface area contributed by atoms with E-state index in [1.165, 1.54) is 15.3 Å². The van der Waals surface area contributed by atoms with Crippen LogP contribution in [0.4, 0.5) is 0 Å². The number of thiophene rings is 1. The molecule has 2 rings (SSSR count). The largest absolute Gasteiger partial charge is 0.496 e. The molecule has 1 atom stereocenters. The van der Waals surface area contributed by atoms with Crippen LogP contribution in [0.1, 0.15) is 26.8 Å². The van der Waals surface area contributed by atoms with Gasteiger partial charge in [-0.05, 0) is 43.2 Å². The molecule has 2 N–H and O–H groups in total. The van der Waals surface area contributed by atoms with Crippen molar-refractivity contribution in [3.8, 4) is 5.75 Å². The van der Waals surface area contributed by atoms with E-state index in [9.17, 15) is 0 Å². The molecule has 0 saturated heterocycles. The second-order valence-electron chi connectivity index (χ2n) is 4.47. The lowest BCUT2D eigenvalue weighted by Crippen LogP contribution is -2.12. The van der Waals surface area contributed by atoms with Gasteiger partial charge >= 0.3 is 0 Å². The Balaban J connectivity index is 2.36. The van der Waals surface area contributed by atoms with E-state index >= 15 is 0 Å². The Morgan fingerprint density at radius 2 is 2.00 bits per heavy atom. The lowest BCUT2D eigenvalue weighted by Gasteiger charge is -2.15. The van der Waals surface area contributed by atoms with Gasteiger partial charge in [-0.1, -0.05) is 12.1 Å². The molecule has 18 heavy (non-hydrogen) atoms. The smallest absolute Gasteiger partial charge is 0.121 e. The van der Waals surface area contributed by atoms with Gasteiger partial charge in [0.2, 0.25) is 0 Å². The molecule has 0 fully saturated rings. The zero-order chi connectivity index (χ0) is 13.1. The molecular formula is C15H19NOS. The van der Waals surface area contributed by atoms with Gasteiger partial charge in [-0.2, -0.15) is 0 Å². The summed E-state index contributed by atoms with van der Waals surface area (Å²) in [5.41, 5.74) is 8.36. The Morgan fingerprint density at radius 3 is 2.50 bits per heavy atom. The van der Waals surface area contributed by atoms with Crippen LogP contribution in [0.15, 0.2) is 30.3 Å². The Hall–Kier alpha value is -1.32. The monoisotopic (exact) mass is 261 g/mol. The van der Waals surface area contributed by atoms with Gasteiger partial charge in [0.05, 0.1) is 7.11 Å². The first-order valence-corrected chi connectivity index (χ1v) is 6.88. The van der Waals surface area contributed by atoms with Gasteiger partial charge in [0.1, 0.15) is 5.75 Å². The normalized spacial score (nSPS) is 12.4. The fourth-order valence-electron chi connectivity index (χ4n) is 2.18. The van der Waals surface area contributed by atoms with Crippen LogP contribution >= 0.6 is 11.3 Å². The van der Waals surface area contributed by atoms with Crippen molar-refractivity contribution in [2.75, 3.05) is 13.7 Å². The molecule has 96 valence electrons. The van der Waals surface area contributed by atoms with Crippen LogP contribution in [-0.4, -0.2) is 13.7 Å². The summed E-state index contributed by atoms with van der Waals surface area (Å²) in [5.74, 6) is 1.21. The number of benzene rings is 1. The maximum absolute atomic E-state index is 5.94. The Kier molecular flexibility index (Phi) is 4.04. The van der Waals surface area contributed by atoms with Gasteiger partial charge in [0.25, 0.3) is 0 Å². The summed E-state index contributed by atoms with van der Waals surface area (Å²) in [6.07, 6.45) is 0. The quantitative estimate of drug-likeness (QED) is 0.914. The maximum Gasteiger partial charge on any atom is 0.121 e. The fraction of sp³-hybridized carbons (Fsp3) is 0.333. The molecule has 0 amide bonds. The molecule has 0 aliphatic carbocycles. The molecule has 0 aliphatic heterocycles. The van der Waals surface area contributed by atoms with E-state index in [0.29, 0.717) is 6.54 Å². The van der Waals surface area contributed by atoms with Gasteiger partial charge in [-0.25, -0.2) is 0 Å². The van der Waals surface area contributed by atoms with Gasteiger partial charge in [0.15, 0.2) is 0 Å². The van der Waals surface area contributed by atoms with Crippen molar-refractivity contribution < 1.29 is 4.74 Å². The minimum Gasteiger partial charge on any atom is -0.496 e. The molecule has 1 aromatic carbocycles. The minimum absolute atomic E-state index is 0.285. The van der Waals surface area contributed by atoms with E-state index in [1.54, 1.807) is 7.11 Å². The molecular weight excluding hydrogens is 242 g/mol. The van der Waals surface area contributed by atoms with E-state index in [1.807, 2.05) is 17.4 Å². The van der Waals surface area contributed by atoms with Crippen molar-refractivity contribution >= 4 is 11.3 Å². The zero-order valence-corrected chi connectivity index (χ0v) is 11.9. The van der Waals surface area contributed by atoms with Crippen molar-refractivity contribution in [1.82, 2.24) is 0 Å². The Bertz CT molecular complexity index is 533. The molecule has 0 aliphatic rings. The van der Waals surface area contributed by atoms with Crippen LogP contribution in [0.25, 0.3) is 0 Å². The SMILES string of the molecule is COc1ccc(C(CN)c2ccc(C)s2)cc1C. The number of hydrogen-bond acceptors (Lipinski definition) is 3. The highest BCUT2D eigenvalue weighted by Crippen LogP contribution is 2.31. The number of methoxy groups -OCH3 is 1. The van der Waals surface area contributed by atoms with Crippen LogP contribution in [0.5, 0.6) is 5.75 Å². The number of rotatable bonds is 4. The lowest BCUT2D eigenvalue weighted by molar-refractivity contribution is 0.411. The summed E-state index contributed by atoms with van der Waals surface area (Å²) in [5, 5.41) is 0. The number of aryl methyl sites for hydroxylation is 2. The molecule has 2 aromatic rings. The highest BCUT2D eigenvalue weighted by atomic mass is 32.1. The number of nitrogens with two attached hydrogens (primary N) is 1. The lowest BCUT2D eigenvalue weighted by atomic mass is 9.96. The van der Waals surface area contributed by atoms with Gasteiger partial charge in [-0.3, -0.25) is 0 Å². The fourth-order valence-corrected chi connectivity index (χ4v) is 3.19. The molecule has 2 nitrogen and oxygen atoms in total. The summed E-state index contributed by atoms with van der Waals surface area (Å²) < 4.78 is 5.29. The van der Waals surface area contributed by atoms with Gasteiger partial charge < -0.3 is 10.5 Å². The molecule has 0 bridgehead atoms. The third-order valence-corrected chi connectivity index (χ3v) is 4.28. The molecule has 3 heteroatoms. The van der Waals surface area contributed by atoms with E-state index < -0.39 is 0 Å². The summed E-state index contributed by atoms with van der Waals surface area (Å²) in [4.78, 5) is 2.66. The minimum atomic E-state index is 0.285. The Labute approximate surface area is 112 Å². The van der Waals surface area contributed by atoms with Crippen molar-refractivity contribution in [3.05, 3.63) is 51.2 Å². The number of ether oxygens (including phenoxy) is 1. The Morgan fingerprint density at radius 1 is 1.22 bits per heavy atom. The molecule has 1 unspecified atom stereocenters. The second-order valence-corrected chi connectivity index (χ2v) is 5.79. The topological polar surface area (TPSA) is 35.2 Å². The predicted molar refractivity (Wildman–Crippen MR) is 77.7 cm³/mol. The highest BCUT2D eigenvalue weighted by molar-refractivity contribution is 7.12. The van der Waals surface area contributed by atoms with Crippen LogP contribution in [-0.2, 0) is 0 Å². The molecule has 0 spiro atoms. The van der Waals surface area contributed by atoms with E-state index in [-0.39, 0.29) is 5.92 Å². The second kappa shape index (κ2) is 5.55. The summed E-state index contributed by atoms with van der Waals surface area (Å²) >= 11 is 1.82. The molecule has 1 aromatic heterocycles. The van der Waals surface area contributed by atoms with Crippen molar-refractivity contribution in [2.45, 2.75) is 19.8 Å². The first kappa shape index (κ1) is 13.1. The van der Waals surface area contributed by atoms with Gasteiger partial charge in [-0.15, -0.1) is 11.3 Å². The van der Waals surface area contributed by atoms with Crippen LogP contribution < -0.4 is 10.5 Å². The third kappa shape index (κ3) is 2.57. The maximum atomic E-state index is 5.94. The van der Waals surface area contributed by atoms with Gasteiger partial charge in [0, 0.05) is 22.2 Å². The molecule has 0 radical (unpaired) electrons. The summed E-state index contributed by atoms with van der Waals surface area (Å²) in [6.45, 7) is 4.82. The average Bonchev–Trinajstić information content (AvgIpc) is 2.77. The number of hydrogen-bond donors (Lipinski definition) is 1.